The van der Waals surface area contributed by atoms with Crippen LogP contribution in [0.3, 0.4) is 0 Å². The van der Waals surface area contributed by atoms with Gasteiger partial charge in [0.15, 0.2) is 0 Å². The van der Waals surface area contributed by atoms with Gasteiger partial charge in [0.05, 0.1) is 6.04 Å². The van der Waals surface area contributed by atoms with Crippen molar-refractivity contribution in [3.8, 4) is 0 Å². The van der Waals surface area contributed by atoms with E-state index >= 15 is 0 Å². The lowest BCUT2D eigenvalue weighted by Gasteiger charge is -2.19. The molecule has 0 spiro atoms. The van der Waals surface area contributed by atoms with Crippen molar-refractivity contribution in [2.24, 2.45) is 5.84 Å². The Morgan fingerprint density at radius 3 is 2.50 bits per heavy atom. The molecular formula is C14H14Cl2FN3. The number of nitrogens with two attached hydrogens (primary N) is 2. The molecular weight excluding hydrogens is 300 g/mol. The monoisotopic (exact) mass is 313 g/mol. The first kappa shape index (κ1) is 15.1. The summed E-state index contributed by atoms with van der Waals surface area (Å²) >= 11 is 11.9. The van der Waals surface area contributed by atoms with Crippen LogP contribution in [0.1, 0.15) is 17.2 Å². The first-order valence-electron chi connectivity index (χ1n) is 5.96. The molecule has 0 aromatic heterocycles. The summed E-state index contributed by atoms with van der Waals surface area (Å²) in [6.45, 7) is 0. The van der Waals surface area contributed by atoms with Gasteiger partial charge in [0.1, 0.15) is 5.82 Å². The molecule has 106 valence electrons. The van der Waals surface area contributed by atoms with Crippen molar-refractivity contribution in [1.29, 1.82) is 0 Å². The Kier molecular flexibility index (Phi) is 4.83. The Bertz CT molecular complexity index is 619. The second-order valence-electron chi connectivity index (χ2n) is 4.43. The molecule has 1 unspecified atom stereocenters. The lowest BCUT2D eigenvalue weighted by molar-refractivity contribution is 0.552. The molecule has 1 atom stereocenters. The molecule has 0 heterocycles. The van der Waals surface area contributed by atoms with Gasteiger partial charge in [0.25, 0.3) is 0 Å². The summed E-state index contributed by atoms with van der Waals surface area (Å²) in [7, 11) is 0. The average molecular weight is 314 g/mol. The number of nitrogens with one attached hydrogen (secondary N) is 1. The molecule has 0 radical (unpaired) electrons. The highest BCUT2D eigenvalue weighted by molar-refractivity contribution is 6.31. The van der Waals surface area contributed by atoms with Crippen molar-refractivity contribution >= 4 is 28.9 Å². The number of benzene rings is 2. The first-order valence-corrected chi connectivity index (χ1v) is 6.72. The molecule has 0 aliphatic rings. The van der Waals surface area contributed by atoms with E-state index in [1.54, 1.807) is 24.3 Å². The highest BCUT2D eigenvalue weighted by Crippen LogP contribution is 2.28. The molecule has 2 aromatic rings. The van der Waals surface area contributed by atoms with Crippen LogP contribution in [0.5, 0.6) is 0 Å². The van der Waals surface area contributed by atoms with Gasteiger partial charge in [-0.05, 0) is 41.8 Å². The zero-order chi connectivity index (χ0) is 14.7. The first-order chi connectivity index (χ1) is 9.51. The lowest BCUT2D eigenvalue weighted by Crippen LogP contribution is -2.30. The van der Waals surface area contributed by atoms with Crippen LogP contribution in [-0.4, -0.2) is 0 Å². The van der Waals surface area contributed by atoms with Crippen molar-refractivity contribution in [2.45, 2.75) is 12.5 Å². The maximum absolute atomic E-state index is 13.0. The van der Waals surface area contributed by atoms with Gasteiger partial charge in [0.2, 0.25) is 0 Å². The number of rotatable bonds is 4. The molecule has 0 bridgehead atoms. The third-order valence-electron chi connectivity index (χ3n) is 3.06. The van der Waals surface area contributed by atoms with Crippen molar-refractivity contribution in [2.75, 3.05) is 5.73 Å². The van der Waals surface area contributed by atoms with Gasteiger partial charge >= 0.3 is 0 Å². The zero-order valence-corrected chi connectivity index (χ0v) is 12.0. The SMILES string of the molecule is NNC(Cc1ccc(F)cc1Cl)c1ccc(Cl)cc1N. The van der Waals surface area contributed by atoms with Gasteiger partial charge in [-0.1, -0.05) is 35.3 Å². The van der Waals surface area contributed by atoms with Crippen LogP contribution in [-0.2, 0) is 6.42 Å². The highest BCUT2D eigenvalue weighted by atomic mass is 35.5. The van der Waals surface area contributed by atoms with E-state index in [-0.39, 0.29) is 11.9 Å². The Morgan fingerprint density at radius 1 is 1.15 bits per heavy atom. The van der Waals surface area contributed by atoms with E-state index in [1.165, 1.54) is 12.1 Å². The lowest BCUT2D eigenvalue weighted by atomic mass is 9.98. The Labute approximate surface area is 126 Å². The van der Waals surface area contributed by atoms with Crippen LogP contribution in [0.25, 0.3) is 0 Å². The number of anilines is 1. The molecule has 0 aliphatic carbocycles. The normalized spacial score (nSPS) is 12.4. The van der Waals surface area contributed by atoms with Gasteiger partial charge in [-0.2, -0.15) is 0 Å². The molecule has 5 N–H and O–H groups in total. The van der Waals surface area contributed by atoms with Gasteiger partial charge < -0.3 is 5.73 Å². The Morgan fingerprint density at radius 2 is 1.90 bits per heavy atom. The summed E-state index contributed by atoms with van der Waals surface area (Å²) in [5, 5.41) is 0.916. The predicted octanol–water partition coefficient (Wildman–Crippen LogP) is 3.46. The van der Waals surface area contributed by atoms with Gasteiger partial charge in [-0.25, -0.2) is 4.39 Å². The predicted molar refractivity (Wildman–Crippen MR) is 81.0 cm³/mol. The topological polar surface area (TPSA) is 64.1 Å². The van der Waals surface area contributed by atoms with Crippen LogP contribution in [0.15, 0.2) is 36.4 Å². The maximum atomic E-state index is 13.0. The number of halogens is 3. The van der Waals surface area contributed by atoms with E-state index in [0.29, 0.717) is 22.2 Å². The molecule has 0 amide bonds. The number of nitrogen functional groups attached to an aromatic ring is 1. The van der Waals surface area contributed by atoms with E-state index in [2.05, 4.69) is 5.43 Å². The molecule has 2 rings (SSSR count). The molecule has 20 heavy (non-hydrogen) atoms. The largest absolute Gasteiger partial charge is 0.398 e. The van der Waals surface area contributed by atoms with E-state index in [9.17, 15) is 4.39 Å². The molecule has 0 fully saturated rings. The van der Waals surface area contributed by atoms with Gasteiger partial charge in [-0.15, -0.1) is 0 Å². The minimum absolute atomic E-state index is 0.241. The maximum Gasteiger partial charge on any atom is 0.124 e. The molecule has 6 heteroatoms. The summed E-state index contributed by atoms with van der Waals surface area (Å²) in [5.41, 5.74) is 10.8. The molecule has 3 nitrogen and oxygen atoms in total. The standard InChI is InChI=1S/C14H14Cl2FN3/c15-9-2-4-11(13(18)6-9)14(20-19)5-8-1-3-10(17)7-12(8)16/h1-4,6-7,14,20H,5,18-19H2. The fraction of sp³-hybridized carbons (Fsp3) is 0.143. The number of hydrogen-bond donors (Lipinski definition) is 3. The van der Waals surface area contributed by atoms with Crippen molar-refractivity contribution in [1.82, 2.24) is 5.43 Å². The van der Waals surface area contributed by atoms with Crippen molar-refractivity contribution in [3.05, 3.63) is 63.4 Å². The van der Waals surface area contributed by atoms with E-state index < -0.39 is 0 Å². The van der Waals surface area contributed by atoms with Crippen LogP contribution >= 0.6 is 23.2 Å². The second kappa shape index (κ2) is 6.41. The fourth-order valence-corrected chi connectivity index (χ4v) is 2.45. The Hall–Kier alpha value is -1.33. The fourth-order valence-electron chi connectivity index (χ4n) is 2.03. The Balaban J connectivity index is 2.28. The zero-order valence-electron chi connectivity index (χ0n) is 10.5. The molecule has 2 aromatic carbocycles. The number of hydrogen-bond acceptors (Lipinski definition) is 3. The summed E-state index contributed by atoms with van der Waals surface area (Å²) in [5.74, 6) is 5.21. The molecule has 0 saturated heterocycles. The summed E-state index contributed by atoms with van der Waals surface area (Å²) < 4.78 is 13.0. The van der Waals surface area contributed by atoms with Crippen molar-refractivity contribution < 1.29 is 4.39 Å². The average Bonchev–Trinajstić information content (AvgIpc) is 2.39. The third kappa shape index (κ3) is 3.41. The highest BCUT2D eigenvalue weighted by Gasteiger charge is 2.15. The summed E-state index contributed by atoms with van der Waals surface area (Å²) in [6, 6.07) is 9.23. The quantitative estimate of drug-likeness (QED) is 0.460. The van der Waals surface area contributed by atoms with Gasteiger partial charge in [-0.3, -0.25) is 11.3 Å². The second-order valence-corrected chi connectivity index (χ2v) is 5.28. The molecule has 0 saturated carbocycles. The van der Waals surface area contributed by atoms with Crippen LogP contribution in [0.4, 0.5) is 10.1 Å². The summed E-state index contributed by atoms with van der Waals surface area (Å²) in [6.07, 6.45) is 0.488. The number of hydrazine groups is 1. The molecule has 0 aliphatic heterocycles. The van der Waals surface area contributed by atoms with Crippen LogP contribution in [0, 0.1) is 5.82 Å². The van der Waals surface area contributed by atoms with E-state index in [0.717, 1.165) is 11.1 Å². The van der Waals surface area contributed by atoms with Gasteiger partial charge in [0, 0.05) is 15.7 Å². The minimum Gasteiger partial charge on any atom is -0.398 e. The minimum atomic E-state index is -0.373. The van der Waals surface area contributed by atoms with E-state index in [1.807, 2.05) is 0 Å². The van der Waals surface area contributed by atoms with Crippen LogP contribution < -0.4 is 17.0 Å². The van der Waals surface area contributed by atoms with E-state index in [4.69, 9.17) is 34.8 Å². The third-order valence-corrected chi connectivity index (χ3v) is 3.65. The smallest absolute Gasteiger partial charge is 0.124 e. The van der Waals surface area contributed by atoms with Crippen molar-refractivity contribution in [3.63, 3.8) is 0 Å². The summed E-state index contributed by atoms with van der Waals surface area (Å²) in [4.78, 5) is 0. The van der Waals surface area contributed by atoms with Crippen LogP contribution in [0.2, 0.25) is 10.0 Å².